The number of anilines is 1. The Bertz CT molecular complexity index is 846. The van der Waals surface area contributed by atoms with Crippen LogP contribution in [-0.4, -0.2) is 17.7 Å². The van der Waals surface area contributed by atoms with E-state index in [0.29, 0.717) is 23.6 Å². The van der Waals surface area contributed by atoms with Crippen molar-refractivity contribution in [2.45, 2.75) is 12.8 Å². The molecule has 2 N–H and O–H groups in total. The summed E-state index contributed by atoms with van der Waals surface area (Å²) in [6.07, 6.45) is 2.69. The lowest BCUT2D eigenvalue weighted by molar-refractivity contribution is 0.160. The number of aryl methyl sites for hydroxylation is 1. The van der Waals surface area contributed by atoms with Crippen molar-refractivity contribution in [3.05, 3.63) is 65.1 Å². The Kier molecular flexibility index (Phi) is 5.01. The molecule has 1 amide bonds. The summed E-state index contributed by atoms with van der Waals surface area (Å²) in [7, 11) is 0. The van der Waals surface area contributed by atoms with Crippen molar-refractivity contribution in [1.82, 2.24) is 4.98 Å². The first-order valence-corrected chi connectivity index (χ1v) is 7.94. The quantitative estimate of drug-likeness (QED) is 0.628. The van der Waals surface area contributed by atoms with Crippen molar-refractivity contribution >= 4 is 34.3 Å². The van der Waals surface area contributed by atoms with Crippen LogP contribution in [0.5, 0.6) is 0 Å². The summed E-state index contributed by atoms with van der Waals surface area (Å²) < 4.78 is 18.5. The van der Waals surface area contributed by atoms with E-state index in [4.69, 9.17) is 16.3 Å². The molecule has 0 aliphatic rings. The number of carbonyl (C=O) groups excluding carboxylic acids is 1. The number of hydrogen-bond donors (Lipinski definition) is 2. The standard InChI is InChI=1S/C18H16ClFN2O2/c19-13-3-6-15(7-4-13)22-18(23)24-9-1-2-12-11-21-17-8-5-14(20)10-16(12)17/h3-8,10-11,21H,1-2,9H2,(H,22,23). The van der Waals surface area contributed by atoms with Gasteiger partial charge in [0.1, 0.15) is 5.82 Å². The highest BCUT2D eigenvalue weighted by Crippen LogP contribution is 2.20. The molecular formula is C18H16ClFN2O2. The number of aromatic nitrogens is 1. The number of nitrogens with one attached hydrogen (secondary N) is 2. The van der Waals surface area contributed by atoms with E-state index < -0.39 is 6.09 Å². The van der Waals surface area contributed by atoms with Crippen molar-refractivity contribution in [2.24, 2.45) is 0 Å². The third-order valence-electron chi connectivity index (χ3n) is 3.64. The summed E-state index contributed by atoms with van der Waals surface area (Å²) in [4.78, 5) is 14.8. The Morgan fingerprint density at radius 3 is 2.79 bits per heavy atom. The van der Waals surface area contributed by atoms with Crippen molar-refractivity contribution in [3.63, 3.8) is 0 Å². The van der Waals surface area contributed by atoms with Crippen LogP contribution in [0.25, 0.3) is 10.9 Å². The molecule has 1 aromatic heterocycles. The topological polar surface area (TPSA) is 54.1 Å². The highest BCUT2D eigenvalue weighted by Gasteiger charge is 2.06. The summed E-state index contributed by atoms with van der Waals surface area (Å²) in [5.74, 6) is -0.262. The van der Waals surface area contributed by atoms with Crippen LogP contribution in [0.15, 0.2) is 48.7 Å². The molecule has 1 heterocycles. The van der Waals surface area contributed by atoms with Gasteiger partial charge in [0.15, 0.2) is 0 Å². The van der Waals surface area contributed by atoms with Crippen molar-refractivity contribution in [1.29, 1.82) is 0 Å². The first-order chi connectivity index (χ1) is 11.6. The van der Waals surface area contributed by atoms with Gasteiger partial charge in [-0.2, -0.15) is 0 Å². The smallest absolute Gasteiger partial charge is 0.411 e. The number of amides is 1. The van der Waals surface area contributed by atoms with Crippen molar-refractivity contribution in [3.8, 4) is 0 Å². The van der Waals surface area contributed by atoms with E-state index in [1.807, 2.05) is 6.20 Å². The second kappa shape index (κ2) is 7.36. The maximum Gasteiger partial charge on any atom is 0.411 e. The Labute approximate surface area is 143 Å². The number of carbonyl (C=O) groups is 1. The fraction of sp³-hybridized carbons (Fsp3) is 0.167. The second-order valence-corrected chi connectivity index (χ2v) is 5.81. The molecule has 0 atom stereocenters. The van der Waals surface area contributed by atoms with Crippen LogP contribution in [-0.2, 0) is 11.2 Å². The van der Waals surface area contributed by atoms with Gasteiger partial charge in [0.05, 0.1) is 6.61 Å². The molecule has 0 radical (unpaired) electrons. The van der Waals surface area contributed by atoms with E-state index in [1.165, 1.54) is 12.1 Å². The van der Waals surface area contributed by atoms with Crippen molar-refractivity contribution < 1.29 is 13.9 Å². The molecule has 0 saturated heterocycles. The SMILES string of the molecule is O=C(Nc1ccc(Cl)cc1)OCCCc1c[nH]c2ccc(F)cc12. The third kappa shape index (κ3) is 4.06. The highest BCUT2D eigenvalue weighted by atomic mass is 35.5. The number of fused-ring (bicyclic) bond motifs is 1. The minimum Gasteiger partial charge on any atom is -0.449 e. The van der Waals surface area contributed by atoms with Gasteiger partial charge in [0, 0.05) is 27.8 Å². The normalized spacial score (nSPS) is 10.8. The highest BCUT2D eigenvalue weighted by molar-refractivity contribution is 6.30. The van der Waals surface area contributed by atoms with Gasteiger partial charge in [0.25, 0.3) is 0 Å². The Morgan fingerprint density at radius 2 is 2.00 bits per heavy atom. The zero-order chi connectivity index (χ0) is 16.9. The second-order valence-electron chi connectivity index (χ2n) is 5.38. The number of H-pyrrole nitrogens is 1. The van der Waals surface area contributed by atoms with E-state index in [1.54, 1.807) is 30.3 Å². The van der Waals surface area contributed by atoms with Gasteiger partial charge in [-0.15, -0.1) is 0 Å². The van der Waals surface area contributed by atoms with Crippen LogP contribution < -0.4 is 5.32 Å². The zero-order valence-corrected chi connectivity index (χ0v) is 13.6. The Hall–Kier alpha value is -2.53. The molecule has 0 saturated carbocycles. The summed E-state index contributed by atoms with van der Waals surface area (Å²) in [6.45, 7) is 0.279. The number of aromatic amines is 1. The molecule has 0 bridgehead atoms. The van der Waals surface area contributed by atoms with Crippen LogP contribution in [0.2, 0.25) is 5.02 Å². The van der Waals surface area contributed by atoms with Gasteiger partial charge in [-0.3, -0.25) is 5.32 Å². The molecule has 2 aromatic carbocycles. The number of hydrogen-bond acceptors (Lipinski definition) is 2. The average Bonchev–Trinajstić information content (AvgIpc) is 2.96. The minimum atomic E-state index is -0.512. The Balaban J connectivity index is 1.47. The molecule has 0 aliphatic carbocycles. The largest absolute Gasteiger partial charge is 0.449 e. The van der Waals surface area contributed by atoms with Gasteiger partial charge in [0.2, 0.25) is 0 Å². The molecule has 3 aromatic rings. The van der Waals surface area contributed by atoms with Gasteiger partial charge >= 0.3 is 6.09 Å². The van der Waals surface area contributed by atoms with E-state index >= 15 is 0 Å². The number of benzene rings is 2. The maximum absolute atomic E-state index is 13.3. The van der Waals surface area contributed by atoms with Gasteiger partial charge in [-0.25, -0.2) is 9.18 Å². The molecule has 0 unspecified atom stereocenters. The summed E-state index contributed by atoms with van der Waals surface area (Å²) >= 11 is 5.78. The predicted octanol–water partition coefficient (Wildman–Crippen LogP) is 5.14. The lowest BCUT2D eigenvalue weighted by atomic mass is 10.1. The summed E-state index contributed by atoms with van der Waals surface area (Å²) in [6, 6.07) is 11.4. The first kappa shape index (κ1) is 16.3. The third-order valence-corrected chi connectivity index (χ3v) is 3.90. The van der Waals surface area contributed by atoms with Gasteiger partial charge in [-0.1, -0.05) is 11.6 Å². The van der Waals surface area contributed by atoms with Gasteiger partial charge in [-0.05, 0) is 60.9 Å². The molecule has 124 valence electrons. The molecule has 0 fully saturated rings. The lowest BCUT2D eigenvalue weighted by Crippen LogP contribution is -2.14. The number of rotatable bonds is 5. The zero-order valence-electron chi connectivity index (χ0n) is 12.8. The minimum absolute atomic E-state index is 0.262. The molecule has 4 nitrogen and oxygen atoms in total. The van der Waals surface area contributed by atoms with E-state index in [0.717, 1.165) is 16.5 Å². The van der Waals surface area contributed by atoms with Crippen LogP contribution >= 0.6 is 11.6 Å². The summed E-state index contributed by atoms with van der Waals surface area (Å²) in [5.41, 5.74) is 2.52. The van der Waals surface area contributed by atoms with E-state index in [9.17, 15) is 9.18 Å². The predicted molar refractivity (Wildman–Crippen MR) is 93.0 cm³/mol. The number of ether oxygens (including phenoxy) is 1. The molecule has 6 heteroatoms. The molecule has 0 spiro atoms. The van der Waals surface area contributed by atoms with E-state index in [2.05, 4.69) is 10.3 Å². The first-order valence-electron chi connectivity index (χ1n) is 7.57. The monoisotopic (exact) mass is 346 g/mol. The van der Waals surface area contributed by atoms with Crippen LogP contribution in [0.3, 0.4) is 0 Å². The lowest BCUT2D eigenvalue weighted by Gasteiger charge is -2.07. The fourth-order valence-corrected chi connectivity index (χ4v) is 2.60. The van der Waals surface area contributed by atoms with Crippen LogP contribution in [0.1, 0.15) is 12.0 Å². The molecule has 3 rings (SSSR count). The molecular weight excluding hydrogens is 331 g/mol. The maximum atomic E-state index is 13.3. The van der Waals surface area contributed by atoms with Crippen LogP contribution in [0.4, 0.5) is 14.9 Å². The fourth-order valence-electron chi connectivity index (χ4n) is 2.47. The number of halogens is 2. The Morgan fingerprint density at radius 1 is 1.21 bits per heavy atom. The summed E-state index contributed by atoms with van der Waals surface area (Å²) in [5, 5.41) is 4.09. The molecule has 24 heavy (non-hydrogen) atoms. The molecule has 0 aliphatic heterocycles. The van der Waals surface area contributed by atoms with Gasteiger partial charge < -0.3 is 9.72 Å². The van der Waals surface area contributed by atoms with Crippen molar-refractivity contribution in [2.75, 3.05) is 11.9 Å². The van der Waals surface area contributed by atoms with Crippen LogP contribution in [0, 0.1) is 5.82 Å². The average molecular weight is 347 g/mol. The van der Waals surface area contributed by atoms with E-state index in [-0.39, 0.29) is 12.4 Å².